The van der Waals surface area contributed by atoms with Crippen molar-refractivity contribution in [2.45, 2.75) is 9.79 Å². The van der Waals surface area contributed by atoms with E-state index in [9.17, 15) is 35.5 Å². The maximum Gasteiger partial charge on any atom is 0.294 e. The van der Waals surface area contributed by atoms with Crippen molar-refractivity contribution < 1.29 is 45.0 Å². The molecule has 0 atom stereocenters. The van der Waals surface area contributed by atoms with Crippen molar-refractivity contribution in [1.29, 1.82) is 0 Å². The molecule has 0 saturated heterocycles. The highest BCUT2D eigenvalue weighted by Crippen LogP contribution is 2.50. The molecule has 1 aliphatic carbocycles. The predicted octanol–water partition coefficient (Wildman–Crippen LogP) is 3.70. The second-order valence-corrected chi connectivity index (χ2v) is 11.4. The second kappa shape index (κ2) is 9.46. The summed E-state index contributed by atoms with van der Waals surface area (Å²) < 4.78 is 75.9. The number of rotatable bonds is 6. The van der Waals surface area contributed by atoms with E-state index < -0.39 is 41.6 Å². The number of nitrogen functional groups attached to an aromatic ring is 2. The van der Waals surface area contributed by atoms with E-state index >= 15 is 0 Å². The van der Waals surface area contributed by atoms with E-state index in [1.54, 1.807) is 12.1 Å². The summed E-state index contributed by atoms with van der Waals surface area (Å²) in [6.07, 6.45) is 0. The molecule has 5 rings (SSSR count). The molecular weight excluding hydrogens is 564 g/mol. The van der Waals surface area contributed by atoms with E-state index in [0.717, 1.165) is 24.3 Å². The Morgan fingerprint density at radius 3 is 1.18 bits per heavy atom. The smallest absolute Gasteiger partial charge is 0.294 e. The van der Waals surface area contributed by atoms with E-state index in [2.05, 4.69) is 0 Å². The summed E-state index contributed by atoms with van der Waals surface area (Å²) in [5, 5.41) is 0. The van der Waals surface area contributed by atoms with Gasteiger partial charge in [0, 0.05) is 11.1 Å². The summed E-state index contributed by atoms with van der Waals surface area (Å²) in [5.74, 6) is -1.78. The zero-order chi connectivity index (χ0) is 29.0. The monoisotopic (exact) mass is 582 g/mol. The van der Waals surface area contributed by atoms with Crippen LogP contribution in [0, 0.1) is 0 Å². The number of hydrogen-bond acceptors (Lipinski definition) is 10. The molecule has 204 valence electrons. The third-order valence-corrected chi connectivity index (χ3v) is 7.77. The summed E-state index contributed by atoms with van der Waals surface area (Å²) in [4.78, 5) is 26.0. The highest BCUT2D eigenvalue weighted by Gasteiger charge is 2.37. The Bertz CT molecular complexity index is 1790. The minimum Gasteiger partial charge on any atom is -0.451 e. The molecule has 0 fully saturated rings. The van der Waals surface area contributed by atoms with Crippen LogP contribution in [-0.2, 0) is 20.2 Å². The number of benzene rings is 4. The van der Waals surface area contributed by atoms with Gasteiger partial charge < -0.3 is 20.9 Å². The molecule has 0 bridgehead atoms. The van der Waals surface area contributed by atoms with Crippen LogP contribution in [-0.4, -0.2) is 37.5 Å². The molecule has 0 saturated carbocycles. The fourth-order valence-corrected chi connectivity index (χ4v) is 5.12. The van der Waals surface area contributed by atoms with Crippen molar-refractivity contribution in [3.8, 4) is 23.0 Å². The summed E-state index contributed by atoms with van der Waals surface area (Å²) in [5.41, 5.74) is 11.9. The number of ether oxygens (including phenoxy) is 2. The molecule has 0 radical (unpaired) electrons. The summed E-state index contributed by atoms with van der Waals surface area (Å²) in [7, 11) is -8.98. The van der Waals surface area contributed by atoms with Crippen molar-refractivity contribution in [3.63, 3.8) is 0 Å². The number of anilines is 2. The minimum absolute atomic E-state index is 0.00000640. The number of ketones is 2. The van der Waals surface area contributed by atoms with Crippen LogP contribution < -0.4 is 20.9 Å². The zero-order valence-electron chi connectivity index (χ0n) is 20.1. The predicted molar refractivity (Wildman–Crippen MR) is 141 cm³/mol. The number of fused-ring (bicyclic) bond motifs is 2. The number of hydrogen-bond donors (Lipinski definition) is 4. The first-order valence-electron chi connectivity index (χ1n) is 11.2. The minimum atomic E-state index is -4.49. The van der Waals surface area contributed by atoms with Gasteiger partial charge in [-0.25, -0.2) is 0 Å². The van der Waals surface area contributed by atoms with Crippen molar-refractivity contribution in [2.24, 2.45) is 0 Å². The quantitative estimate of drug-likeness (QED) is 0.167. The van der Waals surface area contributed by atoms with Crippen LogP contribution >= 0.6 is 0 Å². The molecule has 1 aliphatic rings. The first kappa shape index (κ1) is 26.8. The van der Waals surface area contributed by atoms with Gasteiger partial charge in [-0.2, -0.15) is 16.8 Å². The third-order valence-electron chi connectivity index (χ3n) is 6.04. The summed E-state index contributed by atoms with van der Waals surface area (Å²) in [6.45, 7) is 0. The number of carbonyl (C=O) groups excluding carboxylic acids is 2. The van der Waals surface area contributed by atoms with Crippen molar-refractivity contribution in [1.82, 2.24) is 0 Å². The Labute approximate surface area is 227 Å². The Morgan fingerprint density at radius 2 is 0.875 bits per heavy atom. The molecule has 4 aromatic carbocycles. The average Bonchev–Trinajstić information content (AvgIpc) is 2.90. The molecule has 12 nitrogen and oxygen atoms in total. The molecule has 40 heavy (non-hydrogen) atoms. The Hall–Kier alpha value is -4.76. The molecule has 0 aromatic heterocycles. The lowest BCUT2D eigenvalue weighted by Gasteiger charge is -2.25. The van der Waals surface area contributed by atoms with Gasteiger partial charge in [0.15, 0.2) is 23.1 Å². The van der Waals surface area contributed by atoms with E-state index in [1.165, 1.54) is 36.4 Å². The van der Waals surface area contributed by atoms with Crippen LogP contribution in [0.25, 0.3) is 0 Å². The SMILES string of the molecule is Nc1c(Oc2ccc(S(=O)(=O)O)cc2)c(Oc2ccc(S(=O)(=O)O)cc2)c(N)c2c1C(=O)c1ccccc1C2=O. The molecule has 4 aromatic rings. The maximum absolute atomic E-state index is 13.4. The van der Waals surface area contributed by atoms with Crippen molar-refractivity contribution in [3.05, 3.63) is 95.1 Å². The Balaban J connectivity index is 1.69. The second-order valence-electron chi connectivity index (χ2n) is 8.54. The summed E-state index contributed by atoms with van der Waals surface area (Å²) >= 11 is 0. The van der Waals surface area contributed by atoms with E-state index in [0.29, 0.717) is 0 Å². The number of carbonyl (C=O) groups is 2. The van der Waals surface area contributed by atoms with E-state index in [4.69, 9.17) is 20.9 Å². The van der Waals surface area contributed by atoms with Gasteiger partial charge >= 0.3 is 0 Å². The Kier molecular flexibility index (Phi) is 6.35. The van der Waals surface area contributed by atoms with Crippen molar-refractivity contribution >= 4 is 43.2 Å². The molecule has 6 N–H and O–H groups in total. The topological polar surface area (TPSA) is 213 Å². The maximum atomic E-state index is 13.4. The zero-order valence-corrected chi connectivity index (χ0v) is 21.7. The fourth-order valence-electron chi connectivity index (χ4n) is 4.16. The lowest BCUT2D eigenvalue weighted by atomic mass is 9.82. The number of nitrogens with two attached hydrogens (primary N) is 2. The van der Waals surface area contributed by atoms with Crippen LogP contribution in [0.1, 0.15) is 31.8 Å². The largest absolute Gasteiger partial charge is 0.451 e. The lowest BCUT2D eigenvalue weighted by Crippen LogP contribution is -2.24. The van der Waals surface area contributed by atoms with Gasteiger partial charge in [-0.1, -0.05) is 24.3 Å². The molecule has 0 amide bonds. The van der Waals surface area contributed by atoms with Crippen LogP contribution in [0.5, 0.6) is 23.0 Å². The first-order chi connectivity index (χ1) is 18.8. The molecular formula is C26H18N2O10S2. The van der Waals surface area contributed by atoms with Crippen LogP contribution in [0.2, 0.25) is 0 Å². The van der Waals surface area contributed by atoms with Gasteiger partial charge in [0.2, 0.25) is 0 Å². The Morgan fingerprint density at radius 1 is 0.550 bits per heavy atom. The molecule has 14 heteroatoms. The van der Waals surface area contributed by atoms with E-state index in [-0.39, 0.29) is 56.6 Å². The molecule has 0 unspecified atom stereocenters. The van der Waals surface area contributed by atoms with Crippen LogP contribution in [0.4, 0.5) is 11.4 Å². The normalized spacial score (nSPS) is 12.9. The fraction of sp³-hybridized carbons (Fsp3) is 0. The molecule has 0 heterocycles. The lowest BCUT2D eigenvalue weighted by molar-refractivity contribution is 0.0980. The van der Waals surface area contributed by atoms with Gasteiger partial charge in [0.05, 0.1) is 32.3 Å². The van der Waals surface area contributed by atoms with E-state index in [1.807, 2.05) is 0 Å². The van der Waals surface area contributed by atoms with Gasteiger partial charge in [0.1, 0.15) is 11.5 Å². The third kappa shape index (κ3) is 4.65. The van der Waals surface area contributed by atoms with Gasteiger partial charge in [0.25, 0.3) is 20.2 Å². The standard InChI is InChI=1S/C26H18N2O10S2/c27-21-19-20(24(30)18-4-2-1-3-17(18)23(19)29)22(28)26(38-14-7-11-16(12-8-14)40(34,35)36)25(21)37-13-5-9-15(10-6-13)39(31,32)33/h1-12H,27-28H2,(H,31,32,33)(H,34,35,36). The van der Waals surface area contributed by atoms with Crippen molar-refractivity contribution in [2.75, 3.05) is 11.5 Å². The summed E-state index contributed by atoms with van der Waals surface area (Å²) in [6, 6.07) is 15.1. The van der Waals surface area contributed by atoms with Gasteiger partial charge in [-0.05, 0) is 48.5 Å². The highest BCUT2D eigenvalue weighted by molar-refractivity contribution is 7.86. The molecule has 0 aliphatic heterocycles. The average molecular weight is 583 g/mol. The highest BCUT2D eigenvalue weighted by atomic mass is 32.2. The first-order valence-corrected chi connectivity index (χ1v) is 14.1. The van der Waals surface area contributed by atoms with Gasteiger partial charge in [-0.3, -0.25) is 18.7 Å². The van der Waals surface area contributed by atoms with Crippen LogP contribution in [0.3, 0.4) is 0 Å². The molecule has 0 spiro atoms. The van der Waals surface area contributed by atoms with Crippen LogP contribution in [0.15, 0.2) is 82.6 Å². The van der Waals surface area contributed by atoms with Gasteiger partial charge in [-0.15, -0.1) is 0 Å².